The zero-order chi connectivity index (χ0) is 13.4. The van der Waals surface area contributed by atoms with Crippen LogP contribution in [0.5, 0.6) is 0 Å². The van der Waals surface area contributed by atoms with Crippen molar-refractivity contribution in [3.05, 3.63) is 58.1 Å². The van der Waals surface area contributed by atoms with Gasteiger partial charge in [-0.3, -0.25) is 0 Å². The fraction of sp³-hybridized carbons (Fsp3) is 0.133. The number of hydrogen-bond donors (Lipinski definition) is 0. The lowest BCUT2D eigenvalue weighted by Crippen LogP contribution is -2.29. The number of rotatable bonds is 1. The van der Waals surface area contributed by atoms with E-state index in [2.05, 4.69) is 15.8 Å². The Labute approximate surface area is 122 Å². The second-order valence-electron chi connectivity index (χ2n) is 4.60. The highest BCUT2D eigenvalue weighted by Gasteiger charge is 2.22. The minimum absolute atomic E-state index is 0.748. The Bertz CT molecular complexity index is 648. The van der Waals surface area contributed by atoms with E-state index in [1.54, 1.807) is 0 Å². The molecule has 1 aliphatic heterocycles. The molecule has 0 saturated carbocycles. The van der Waals surface area contributed by atoms with Gasteiger partial charge in [0.1, 0.15) is 17.9 Å². The van der Waals surface area contributed by atoms with Crippen molar-refractivity contribution in [2.75, 3.05) is 11.9 Å². The smallest absolute Gasteiger partial charge is 0.236 e. The Balaban J connectivity index is 2.00. The molecule has 19 heavy (non-hydrogen) atoms. The topological polar surface area (TPSA) is 6.25 Å². The van der Waals surface area contributed by atoms with E-state index in [0.29, 0.717) is 0 Å². The molecule has 0 aliphatic carbocycles. The summed E-state index contributed by atoms with van der Waals surface area (Å²) in [5.41, 5.74) is 3.52. The molecule has 2 nitrogen and oxygen atoms in total. The maximum Gasteiger partial charge on any atom is 0.244 e. The lowest BCUT2D eigenvalue weighted by Gasteiger charge is -2.21. The molecule has 0 unspecified atom stereocenters. The molecular weight excluding hydrogens is 279 g/mol. The summed E-state index contributed by atoms with van der Waals surface area (Å²) in [6.07, 6.45) is 2.08. The Kier molecular flexibility index (Phi) is 3.21. The van der Waals surface area contributed by atoms with E-state index in [9.17, 15) is 0 Å². The average Bonchev–Trinajstić information content (AvgIpc) is 2.38. The maximum atomic E-state index is 6.07. The van der Waals surface area contributed by atoms with Crippen molar-refractivity contribution >= 4 is 40.9 Å². The largest absolute Gasteiger partial charge is 0.244 e. The molecule has 0 spiro atoms. The first kappa shape index (κ1) is 12.5. The lowest BCUT2D eigenvalue weighted by atomic mass is 10.1. The monoisotopic (exact) mass is 291 g/mol. The summed E-state index contributed by atoms with van der Waals surface area (Å²) in [4.78, 5) is 2.18. The van der Waals surface area contributed by atoms with Crippen LogP contribution in [0.1, 0.15) is 5.56 Å². The quantitative estimate of drug-likeness (QED) is 0.710. The Morgan fingerprint density at radius 1 is 1.00 bits per heavy atom. The minimum atomic E-state index is 0.748. The molecule has 0 N–H and O–H groups in total. The normalized spacial score (nSPS) is 14.1. The highest BCUT2D eigenvalue weighted by molar-refractivity contribution is 6.31. The summed E-state index contributed by atoms with van der Waals surface area (Å²) in [6.45, 7) is 0.807. The van der Waals surface area contributed by atoms with Crippen LogP contribution in [0.3, 0.4) is 0 Å². The molecule has 0 atom stereocenters. The van der Waals surface area contributed by atoms with Crippen molar-refractivity contribution in [2.24, 2.45) is 0 Å². The molecule has 0 fully saturated rings. The summed E-state index contributed by atoms with van der Waals surface area (Å²) < 4.78 is 2.10. The summed E-state index contributed by atoms with van der Waals surface area (Å²) in [7, 11) is 2.04. The average molecular weight is 292 g/mol. The van der Waals surface area contributed by atoms with Crippen LogP contribution in [0, 0.1) is 0 Å². The molecular formula is C15H13Cl2N2+. The summed E-state index contributed by atoms with van der Waals surface area (Å²) >= 11 is 12.0. The van der Waals surface area contributed by atoms with Gasteiger partial charge in [-0.2, -0.15) is 0 Å². The van der Waals surface area contributed by atoms with E-state index >= 15 is 0 Å². The highest BCUT2D eigenvalue weighted by atomic mass is 35.5. The van der Waals surface area contributed by atoms with Crippen LogP contribution in [-0.4, -0.2) is 18.0 Å². The maximum absolute atomic E-state index is 6.07. The number of benzene rings is 2. The fourth-order valence-corrected chi connectivity index (χ4v) is 2.63. The molecule has 0 bridgehead atoms. The summed E-state index contributed by atoms with van der Waals surface area (Å²) in [5, 5.41) is 1.52. The van der Waals surface area contributed by atoms with Gasteiger partial charge in [0.2, 0.25) is 6.34 Å². The molecule has 0 saturated heterocycles. The standard InChI is InChI=1S/C15H13Cl2N2/c1-18-10-19(14-5-2-12(16)3-6-14)9-11-8-13(17)4-7-15(11)18/h2-8,10H,9H2,1H3/q+1. The van der Waals surface area contributed by atoms with Crippen LogP contribution in [0.15, 0.2) is 42.5 Å². The van der Waals surface area contributed by atoms with E-state index < -0.39 is 0 Å². The Morgan fingerprint density at radius 2 is 1.68 bits per heavy atom. The molecule has 1 heterocycles. The van der Waals surface area contributed by atoms with Gasteiger partial charge in [-0.05, 0) is 42.5 Å². The highest BCUT2D eigenvalue weighted by Crippen LogP contribution is 2.29. The number of fused-ring (bicyclic) bond motifs is 1. The van der Waals surface area contributed by atoms with Crippen LogP contribution < -0.4 is 4.90 Å². The van der Waals surface area contributed by atoms with Crippen LogP contribution in [0.4, 0.5) is 11.4 Å². The first-order valence-corrected chi connectivity index (χ1v) is 6.77. The van der Waals surface area contributed by atoms with Gasteiger partial charge in [0.05, 0.1) is 7.05 Å². The number of nitrogens with zero attached hydrogens (tertiary/aromatic N) is 2. The van der Waals surface area contributed by atoms with Crippen molar-refractivity contribution in [3.63, 3.8) is 0 Å². The van der Waals surface area contributed by atoms with Crippen molar-refractivity contribution in [1.29, 1.82) is 0 Å². The van der Waals surface area contributed by atoms with Crippen molar-refractivity contribution in [2.45, 2.75) is 6.54 Å². The number of halogens is 2. The third-order valence-electron chi connectivity index (χ3n) is 3.23. The molecule has 3 rings (SSSR count). The van der Waals surface area contributed by atoms with Gasteiger partial charge in [-0.15, -0.1) is 0 Å². The van der Waals surface area contributed by atoms with Gasteiger partial charge in [-0.25, -0.2) is 9.48 Å². The van der Waals surface area contributed by atoms with Crippen LogP contribution >= 0.6 is 23.2 Å². The SMILES string of the molecule is C[N+]1=CN(c2ccc(Cl)cc2)Cc2cc(Cl)ccc21. The molecule has 1 aliphatic rings. The predicted molar refractivity (Wildman–Crippen MR) is 81.0 cm³/mol. The second kappa shape index (κ2) is 4.87. The van der Waals surface area contributed by atoms with Gasteiger partial charge in [-0.1, -0.05) is 23.2 Å². The zero-order valence-corrected chi connectivity index (χ0v) is 12.0. The van der Waals surface area contributed by atoms with E-state index in [4.69, 9.17) is 23.2 Å². The number of hydrogen-bond acceptors (Lipinski definition) is 1. The molecule has 2 aromatic rings. The van der Waals surface area contributed by atoms with Gasteiger partial charge in [0.25, 0.3) is 0 Å². The van der Waals surface area contributed by atoms with Gasteiger partial charge < -0.3 is 0 Å². The van der Waals surface area contributed by atoms with Crippen molar-refractivity contribution in [1.82, 2.24) is 0 Å². The first-order valence-electron chi connectivity index (χ1n) is 6.02. The van der Waals surface area contributed by atoms with Crippen LogP contribution in [0.25, 0.3) is 0 Å². The van der Waals surface area contributed by atoms with E-state index in [1.165, 1.54) is 11.3 Å². The van der Waals surface area contributed by atoms with E-state index in [0.717, 1.165) is 22.3 Å². The fourth-order valence-electron chi connectivity index (χ4n) is 2.31. The third kappa shape index (κ3) is 2.46. The predicted octanol–water partition coefficient (Wildman–Crippen LogP) is 4.32. The number of anilines is 1. The van der Waals surface area contributed by atoms with Crippen LogP contribution in [-0.2, 0) is 6.54 Å². The molecule has 4 heteroatoms. The molecule has 0 radical (unpaired) electrons. The zero-order valence-electron chi connectivity index (χ0n) is 10.5. The summed E-state index contributed by atoms with van der Waals surface area (Å²) in [5.74, 6) is 0. The van der Waals surface area contributed by atoms with E-state index in [-0.39, 0.29) is 0 Å². The first-order chi connectivity index (χ1) is 9.13. The van der Waals surface area contributed by atoms with Crippen molar-refractivity contribution in [3.8, 4) is 0 Å². The Hall–Kier alpha value is -1.51. The van der Waals surface area contributed by atoms with Crippen LogP contribution in [0.2, 0.25) is 10.0 Å². The summed E-state index contributed by atoms with van der Waals surface area (Å²) in [6, 6.07) is 13.8. The second-order valence-corrected chi connectivity index (χ2v) is 5.48. The molecule has 0 amide bonds. The van der Waals surface area contributed by atoms with E-state index in [1.807, 2.05) is 49.5 Å². The minimum Gasteiger partial charge on any atom is -0.236 e. The molecule has 0 aromatic heterocycles. The van der Waals surface area contributed by atoms with Crippen molar-refractivity contribution < 1.29 is 4.58 Å². The Morgan fingerprint density at radius 3 is 2.42 bits per heavy atom. The third-order valence-corrected chi connectivity index (χ3v) is 3.72. The lowest BCUT2D eigenvalue weighted by molar-refractivity contribution is -0.403. The molecule has 2 aromatic carbocycles. The van der Waals surface area contributed by atoms with Gasteiger partial charge in [0.15, 0.2) is 0 Å². The molecule has 96 valence electrons. The van der Waals surface area contributed by atoms with Gasteiger partial charge >= 0.3 is 0 Å². The van der Waals surface area contributed by atoms with Gasteiger partial charge in [0, 0.05) is 15.6 Å².